The predicted octanol–water partition coefficient (Wildman–Crippen LogP) is 3.47. The Bertz CT molecular complexity index is 1170. The van der Waals surface area contributed by atoms with E-state index in [4.69, 9.17) is 4.42 Å². The summed E-state index contributed by atoms with van der Waals surface area (Å²) < 4.78 is 7.44. The van der Waals surface area contributed by atoms with Gasteiger partial charge in [-0.15, -0.1) is 11.3 Å². The molecule has 3 aromatic heterocycles. The van der Waals surface area contributed by atoms with Crippen molar-refractivity contribution in [2.45, 2.75) is 33.4 Å². The maximum Gasteiger partial charge on any atom is 0.270 e. The van der Waals surface area contributed by atoms with Crippen molar-refractivity contribution in [3.8, 4) is 10.8 Å². The van der Waals surface area contributed by atoms with Crippen LogP contribution in [-0.4, -0.2) is 38.2 Å². The third-order valence-corrected chi connectivity index (χ3v) is 5.69. The molecular weight excluding hydrogens is 388 g/mol. The van der Waals surface area contributed by atoms with Gasteiger partial charge in [0.15, 0.2) is 10.8 Å². The maximum atomic E-state index is 12.4. The Morgan fingerprint density at radius 1 is 1.28 bits per heavy atom. The SMILES string of the molecule is Cc1ccc(-c2nc(C(=O)NC[C@H](O)Cn3cnc4cc(C)c(C)cc43)cs2)o1. The first-order valence-electron chi connectivity index (χ1n) is 9.31. The number of benzene rings is 1. The van der Waals surface area contributed by atoms with Gasteiger partial charge < -0.3 is 19.4 Å². The zero-order valence-electron chi connectivity index (χ0n) is 16.5. The molecule has 1 amide bonds. The van der Waals surface area contributed by atoms with Crippen LogP contribution in [0.1, 0.15) is 27.4 Å². The van der Waals surface area contributed by atoms with Gasteiger partial charge >= 0.3 is 0 Å². The molecule has 0 spiro atoms. The molecule has 0 unspecified atom stereocenters. The number of imidazole rings is 1. The molecule has 4 aromatic rings. The monoisotopic (exact) mass is 410 g/mol. The average Bonchev–Trinajstić information content (AvgIpc) is 3.41. The lowest BCUT2D eigenvalue weighted by atomic mass is 10.1. The number of aliphatic hydroxyl groups excluding tert-OH is 1. The van der Waals surface area contributed by atoms with Gasteiger partial charge in [0.1, 0.15) is 11.5 Å². The van der Waals surface area contributed by atoms with Gasteiger partial charge in [-0.2, -0.15) is 0 Å². The molecule has 0 fully saturated rings. The van der Waals surface area contributed by atoms with Crippen LogP contribution in [0.5, 0.6) is 0 Å². The van der Waals surface area contributed by atoms with Crippen LogP contribution < -0.4 is 5.32 Å². The summed E-state index contributed by atoms with van der Waals surface area (Å²) in [5.74, 6) is 1.11. The first-order chi connectivity index (χ1) is 13.9. The van der Waals surface area contributed by atoms with E-state index in [1.807, 2.05) is 29.7 Å². The Balaban J connectivity index is 1.37. The highest BCUT2D eigenvalue weighted by molar-refractivity contribution is 7.13. The molecule has 1 atom stereocenters. The largest absolute Gasteiger partial charge is 0.459 e. The summed E-state index contributed by atoms with van der Waals surface area (Å²) in [6.07, 6.45) is 0.968. The number of aliphatic hydroxyl groups is 1. The Kier molecular flexibility index (Phi) is 5.21. The number of nitrogens with zero attached hydrogens (tertiary/aromatic N) is 3. The van der Waals surface area contributed by atoms with Crippen LogP contribution in [0.4, 0.5) is 0 Å². The normalized spacial score (nSPS) is 12.4. The smallest absolute Gasteiger partial charge is 0.270 e. The molecule has 29 heavy (non-hydrogen) atoms. The van der Waals surface area contributed by atoms with E-state index in [0.717, 1.165) is 16.8 Å². The molecule has 0 saturated carbocycles. The fraction of sp³-hybridized carbons (Fsp3) is 0.286. The van der Waals surface area contributed by atoms with E-state index in [2.05, 4.69) is 35.2 Å². The lowest BCUT2D eigenvalue weighted by molar-refractivity contribution is 0.0901. The zero-order chi connectivity index (χ0) is 20.5. The fourth-order valence-corrected chi connectivity index (χ4v) is 3.85. The van der Waals surface area contributed by atoms with Gasteiger partial charge in [-0.3, -0.25) is 4.79 Å². The second kappa shape index (κ2) is 7.81. The number of amides is 1. The van der Waals surface area contributed by atoms with E-state index in [1.165, 1.54) is 22.5 Å². The van der Waals surface area contributed by atoms with Crippen molar-refractivity contribution >= 4 is 28.3 Å². The summed E-state index contributed by atoms with van der Waals surface area (Å²) >= 11 is 1.35. The molecule has 7 nitrogen and oxygen atoms in total. The summed E-state index contributed by atoms with van der Waals surface area (Å²) in [6.45, 7) is 6.42. The lowest BCUT2D eigenvalue weighted by Gasteiger charge is -2.13. The maximum absolute atomic E-state index is 12.4. The van der Waals surface area contributed by atoms with E-state index >= 15 is 0 Å². The minimum atomic E-state index is -0.746. The van der Waals surface area contributed by atoms with Gasteiger partial charge in [0.2, 0.25) is 0 Å². The highest BCUT2D eigenvalue weighted by atomic mass is 32.1. The van der Waals surface area contributed by atoms with Crippen LogP contribution in [0.2, 0.25) is 0 Å². The number of carbonyl (C=O) groups is 1. The number of furan rings is 1. The molecular formula is C21H22N4O3S. The highest BCUT2D eigenvalue weighted by Gasteiger charge is 2.16. The van der Waals surface area contributed by atoms with Gasteiger partial charge in [0.05, 0.1) is 30.0 Å². The highest BCUT2D eigenvalue weighted by Crippen LogP contribution is 2.25. The van der Waals surface area contributed by atoms with Crippen LogP contribution in [0.15, 0.2) is 40.4 Å². The van der Waals surface area contributed by atoms with Crippen LogP contribution in [0.3, 0.4) is 0 Å². The molecule has 0 saturated heterocycles. The van der Waals surface area contributed by atoms with Crippen molar-refractivity contribution in [3.63, 3.8) is 0 Å². The predicted molar refractivity (Wildman–Crippen MR) is 112 cm³/mol. The van der Waals surface area contributed by atoms with E-state index in [9.17, 15) is 9.90 Å². The number of hydrogen-bond donors (Lipinski definition) is 2. The number of fused-ring (bicyclic) bond motifs is 1. The average molecular weight is 410 g/mol. The number of aryl methyl sites for hydroxylation is 3. The second-order valence-corrected chi connectivity index (χ2v) is 7.99. The lowest BCUT2D eigenvalue weighted by Crippen LogP contribution is -2.34. The molecule has 0 bridgehead atoms. The van der Waals surface area contributed by atoms with E-state index in [0.29, 0.717) is 23.0 Å². The van der Waals surface area contributed by atoms with Crippen molar-refractivity contribution < 1.29 is 14.3 Å². The van der Waals surface area contributed by atoms with Crippen molar-refractivity contribution in [2.75, 3.05) is 6.54 Å². The molecule has 1 aromatic carbocycles. The number of aromatic nitrogens is 3. The Morgan fingerprint density at radius 3 is 2.83 bits per heavy atom. The van der Waals surface area contributed by atoms with Crippen molar-refractivity contribution in [2.24, 2.45) is 0 Å². The minimum Gasteiger partial charge on any atom is -0.459 e. The van der Waals surface area contributed by atoms with Crippen molar-refractivity contribution in [1.29, 1.82) is 0 Å². The number of thiazole rings is 1. The van der Waals surface area contributed by atoms with Crippen molar-refractivity contribution in [3.05, 3.63) is 58.6 Å². The minimum absolute atomic E-state index is 0.121. The van der Waals surface area contributed by atoms with E-state index < -0.39 is 6.10 Å². The third-order valence-electron chi connectivity index (χ3n) is 4.83. The van der Waals surface area contributed by atoms with E-state index in [1.54, 1.807) is 11.7 Å². The fourth-order valence-electron chi connectivity index (χ4n) is 3.09. The standard InChI is InChI=1S/C21H22N4O3S/c1-12-6-16-18(7-13(12)2)25(11-23-16)9-15(26)8-22-20(27)17-10-29-21(24-17)19-5-4-14(3)28-19/h4-7,10-11,15,26H,8-9H2,1-3H3,(H,22,27)/t15-/m0/s1. The molecule has 0 aliphatic rings. The van der Waals surface area contributed by atoms with Crippen LogP contribution in [-0.2, 0) is 6.54 Å². The van der Waals surface area contributed by atoms with Gasteiger partial charge in [-0.25, -0.2) is 9.97 Å². The van der Waals surface area contributed by atoms with Crippen LogP contribution in [0, 0.1) is 20.8 Å². The Morgan fingerprint density at radius 2 is 2.07 bits per heavy atom. The number of carbonyl (C=O) groups excluding carboxylic acids is 1. The molecule has 0 radical (unpaired) electrons. The topological polar surface area (TPSA) is 93.2 Å². The zero-order valence-corrected chi connectivity index (χ0v) is 17.3. The molecule has 4 rings (SSSR count). The number of nitrogens with one attached hydrogen (secondary N) is 1. The summed E-state index contributed by atoms with van der Waals surface area (Å²) in [5.41, 5.74) is 4.53. The molecule has 150 valence electrons. The summed E-state index contributed by atoms with van der Waals surface area (Å²) in [5, 5.41) is 15.5. The second-order valence-electron chi connectivity index (χ2n) is 7.13. The molecule has 3 heterocycles. The van der Waals surface area contributed by atoms with E-state index in [-0.39, 0.29) is 12.5 Å². The summed E-state index contributed by atoms with van der Waals surface area (Å²) in [6, 6.07) is 7.79. The van der Waals surface area contributed by atoms with Crippen LogP contribution >= 0.6 is 11.3 Å². The number of hydrogen-bond acceptors (Lipinski definition) is 6. The first kappa shape index (κ1) is 19.4. The van der Waals surface area contributed by atoms with Gasteiger partial charge in [0, 0.05) is 11.9 Å². The Hall–Kier alpha value is -2.97. The molecule has 2 N–H and O–H groups in total. The molecule has 8 heteroatoms. The molecule has 0 aliphatic carbocycles. The quantitative estimate of drug-likeness (QED) is 0.508. The third kappa shape index (κ3) is 4.08. The number of rotatable bonds is 6. The first-order valence-corrected chi connectivity index (χ1v) is 10.2. The summed E-state index contributed by atoms with van der Waals surface area (Å²) in [7, 11) is 0. The molecule has 0 aliphatic heterocycles. The van der Waals surface area contributed by atoms with Crippen LogP contribution in [0.25, 0.3) is 21.8 Å². The van der Waals surface area contributed by atoms with Gasteiger partial charge in [-0.05, 0) is 56.2 Å². The summed E-state index contributed by atoms with van der Waals surface area (Å²) in [4.78, 5) is 21.1. The van der Waals surface area contributed by atoms with Crippen molar-refractivity contribution in [1.82, 2.24) is 19.9 Å². The Labute approximate surface area is 172 Å². The van der Waals surface area contributed by atoms with Gasteiger partial charge in [-0.1, -0.05) is 0 Å². The van der Waals surface area contributed by atoms with Gasteiger partial charge in [0.25, 0.3) is 5.91 Å².